The van der Waals surface area contributed by atoms with Crippen molar-refractivity contribution in [1.82, 2.24) is 0 Å². The lowest BCUT2D eigenvalue weighted by molar-refractivity contribution is 0.590. The maximum atomic E-state index is 13.2. The van der Waals surface area contributed by atoms with Crippen LogP contribution >= 0.6 is 0 Å². The summed E-state index contributed by atoms with van der Waals surface area (Å²) < 4.78 is 29.3. The molecule has 0 aliphatic heterocycles. The topological polar surface area (TPSA) is 46.2 Å². The fourth-order valence-electron chi connectivity index (χ4n) is 3.29. The highest BCUT2D eigenvalue weighted by atomic mass is 32.2. The summed E-state index contributed by atoms with van der Waals surface area (Å²) in [6.07, 6.45) is 0. The van der Waals surface area contributed by atoms with Gasteiger partial charge in [-0.1, -0.05) is 39.0 Å². The van der Waals surface area contributed by atoms with Gasteiger partial charge in [0.15, 0.2) is 0 Å². The molecule has 0 saturated heterocycles. The third-order valence-corrected chi connectivity index (χ3v) is 6.82. The highest BCUT2D eigenvalue weighted by molar-refractivity contribution is 7.92. The van der Waals surface area contributed by atoms with E-state index >= 15 is 0 Å². The van der Waals surface area contributed by atoms with Crippen molar-refractivity contribution < 1.29 is 8.42 Å². The zero-order chi connectivity index (χ0) is 19.2. The Kier molecular flexibility index (Phi) is 5.06. The van der Waals surface area contributed by atoms with Crippen molar-refractivity contribution in [3.8, 4) is 0 Å². The van der Waals surface area contributed by atoms with Gasteiger partial charge in [-0.3, -0.25) is 4.72 Å². The Labute approximate surface area is 152 Å². The van der Waals surface area contributed by atoms with Crippen LogP contribution < -0.4 is 4.72 Å². The molecule has 0 unspecified atom stereocenters. The molecular weight excluding hydrogens is 330 g/mol. The molecular formula is C21H29NO2S. The van der Waals surface area contributed by atoms with Crippen molar-refractivity contribution in [1.29, 1.82) is 0 Å². The van der Waals surface area contributed by atoms with E-state index in [9.17, 15) is 8.42 Å². The molecule has 2 aromatic carbocycles. The minimum atomic E-state index is -3.67. The molecule has 0 amide bonds. The summed E-state index contributed by atoms with van der Waals surface area (Å²) in [5, 5.41) is 0. The summed E-state index contributed by atoms with van der Waals surface area (Å²) in [4.78, 5) is 0.400. The highest BCUT2D eigenvalue weighted by Crippen LogP contribution is 2.34. The first-order chi connectivity index (χ1) is 11.4. The van der Waals surface area contributed by atoms with Crippen LogP contribution in [0.25, 0.3) is 0 Å². The van der Waals surface area contributed by atoms with Gasteiger partial charge in [0.1, 0.15) is 0 Å². The number of nitrogens with one attached hydrogen (secondary N) is 1. The summed E-state index contributed by atoms with van der Waals surface area (Å²) >= 11 is 0. The lowest BCUT2D eigenvalue weighted by Crippen LogP contribution is -2.21. The maximum absolute atomic E-state index is 13.2. The molecule has 25 heavy (non-hydrogen) atoms. The van der Waals surface area contributed by atoms with Crippen LogP contribution in [0.1, 0.15) is 54.2 Å². The van der Waals surface area contributed by atoms with Crippen LogP contribution in [0.2, 0.25) is 0 Å². The standard InChI is InChI=1S/C21H29NO2S/c1-13-14(2)16(4)20(17(5)15(13)3)25(23,24)22-19-12-10-9-11-18(19)21(6,7)8/h9-12,22H,1-8H3. The number of hydrogen-bond donors (Lipinski definition) is 1. The molecule has 0 atom stereocenters. The summed E-state index contributed by atoms with van der Waals surface area (Å²) in [7, 11) is -3.67. The third kappa shape index (κ3) is 3.59. The molecule has 0 bridgehead atoms. The van der Waals surface area contributed by atoms with Crippen molar-refractivity contribution >= 4 is 15.7 Å². The van der Waals surface area contributed by atoms with Crippen LogP contribution in [0.4, 0.5) is 5.69 Å². The molecule has 0 heterocycles. The Balaban J connectivity index is 2.65. The van der Waals surface area contributed by atoms with Gasteiger partial charge in [-0.25, -0.2) is 8.42 Å². The van der Waals surface area contributed by atoms with Crippen LogP contribution in [-0.2, 0) is 15.4 Å². The smallest absolute Gasteiger partial charge is 0.262 e. The first-order valence-electron chi connectivity index (χ1n) is 8.57. The first kappa shape index (κ1) is 19.5. The second-order valence-electron chi connectivity index (χ2n) is 7.86. The third-order valence-electron chi connectivity index (χ3n) is 5.18. The summed E-state index contributed by atoms with van der Waals surface area (Å²) in [5.74, 6) is 0. The Morgan fingerprint density at radius 2 is 1.20 bits per heavy atom. The zero-order valence-electron chi connectivity index (χ0n) is 16.5. The van der Waals surface area contributed by atoms with Crippen molar-refractivity contribution in [2.24, 2.45) is 0 Å². The van der Waals surface area contributed by atoms with Gasteiger partial charge in [0.05, 0.1) is 10.6 Å². The predicted molar refractivity (Wildman–Crippen MR) is 106 cm³/mol. The van der Waals surface area contributed by atoms with Gasteiger partial charge in [-0.05, 0) is 79.5 Å². The summed E-state index contributed by atoms with van der Waals surface area (Å²) in [6.45, 7) is 16.0. The molecule has 0 radical (unpaired) electrons. The molecule has 0 saturated carbocycles. The molecule has 0 fully saturated rings. The van der Waals surface area contributed by atoms with Crippen molar-refractivity contribution in [3.05, 3.63) is 57.6 Å². The minimum absolute atomic E-state index is 0.150. The second-order valence-corrected chi connectivity index (χ2v) is 9.47. The van der Waals surface area contributed by atoms with Crippen LogP contribution in [0.5, 0.6) is 0 Å². The maximum Gasteiger partial charge on any atom is 0.262 e. The van der Waals surface area contributed by atoms with Gasteiger partial charge in [-0.15, -0.1) is 0 Å². The van der Waals surface area contributed by atoms with E-state index in [1.807, 2.05) is 58.9 Å². The fourth-order valence-corrected chi connectivity index (χ4v) is 4.97. The lowest BCUT2D eigenvalue weighted by Gasteiger charge is -2.24. The molecule has 0 aromatic heterocycles. The number of rotatable bonds is 3. The molecule has 136 valence electrons. The molecule has 0 spiro atoms. The van der Waals surface area contributed by atoms with Crippen molar-refractivity contribution in [3.63, 3.8) is 0 Å². The van der Waals surface area contributed by atoms with Gasteiger partial charge in [0.2, 0.25) is 0 Å². The Morgan fingerprint density at radius 1 is 0.760 bits per heavy atom. The monoisotopic (exact) mass is 359 g/mol. The van der Waals surface area contributed by atoms with E-state index in [2.05, 4.69) is 25.5 Å². The highest BCUT2D eigenvalue weighted by Gasteiger charge is 2.26. The van der Waals surface area contributed by atoms with Gasteiger partial charge < -0.3 is 0 Å². The average molecular weight is 360 g/mol. The molecule has 0 aliphatic carbocycles. The summed E-state index contributed by atoms with van der Waals surface area (Å²) in [5.41, 5.74) is 6.34. The number of benzene rings is 2. The molecule has 2 rings (SSSR count). The molecule has 1 N–H and O–H groups in total. The predicted octanol–water partition coefficient (Wildman–Crippen LogP) is 5.33. The number of hydrogen-bond acceptors (Lipinski definition) is 2. The Bertz CT molecular complexity index is 891. The Morgan fingerprint density at radius 3 is 1.68 bits per heavy atom. The SMILES string of the molecule is Cc1c(C)c(C)c(S(=O)(=O)Nc2ccccc2C(C)(C)C)c(C)c1C. The fraction of sp³-hybridized carbons (Fsp3) is 0.429. The van der Waals surface area contributed by atoms with Crippen LogP contribution in [-0.4, -0.2) is 8.42 Å². The second kappa shape index (κ2) is 6.49. The largest absolute Gasteiger partial charge is 0.279 e. The van der Waals surface area contributed by atoms with Gasteiger partial charge in [0, 0.05) is 0 Å². The zero-order valence-corrected chi connectivity index (χ0v) is 17.4. The Hall–Kier alpha value is -1.81. The molecule has 4 heteroatoms. The lowest BCUT2D eigenvalue weighted by atomic mass is 9.86. The van der Waals surface area contributed by atoms with Gasteiger partial charge in [-0.2, -0.15) is 0 Å². The minimum Gasteiger partial charge on any atom is -0.279 e. The molecule has 0 aliphatic rings. The normalized spacial score (nSPS) is 12.3. The van der Waals surface area contributed by atoms with Crippen molar-refractivity contribution in [2.45, 2.75) is 65.7 Å². The van der Waals surface area contributed by atoms with E-state index in [1.54, 1.807) is 0 Å². The quantitative estimate of drug-likeness (QED) is 0.805. The first-order valence-corrected chi connectivity index (χ1v) is 10.1. The molecule has 2 aromatic rings. The molecule has 3 nitrogen and oxygen atoms in total. The van der Waals surface area contributed by atoms with E-state index in [-0.39, 0.29) is 5.41 Å². The van der Waals surface area contributed by atoms with Crippen LogP contribution in [0.15, 0.2) is 29.2 Å². The number of para-hydroxylation sites is 1. The van der Waals surface area contributed by atoms with E-state index in [4.69, 9.17) is 0 Å². The summed E-state index contributed by atoms with van der Waals surface area (Å²) in [6, 6.07) is 7.60. The van der Waals surface area contributed by atoms with E-state index in [0.29, 0.717) is 10.6 Å². The average Bonchev–Trinajstić information content (AvgIpc) is 2.50. The van der Waals surface area contributed by atoms with Crippen LogP contribution in [0.3, 0.4) is 0 Å². The van der Waals surface area contributed by atoms with Crippen molar-refractivity contribution in [2.75, 3.05) is 4.72 Å². The van der Waals surface area contributed by atoms with Gasteiger partial charge >= 0.3 is 0 Å². The number of sulfonamides is 1. The van der Waals surface area contributed by atoms with Crippen LogP contribution in [0, 0.1) is 34.6 Å². The number of anilines is 1. The van der Waals surface area contributed by atoms with E-state index in [1.165, 1.54) is 0 Å². The van der Waals surface area contributed by atoms with E-state index < -0.39 is 10.0 Å². The van der Waals surface area contributed by atoms with Gasteiger partial charge in [0.25, 0.3) is 10.0 Å². The van der Waals surface area contributed by atoms with E-state index in [0.717, 1.165) is 33.4 Å².